The Hall–Kier alpha value is -1.59. The average molecular weight is 252 g/mol. The van der Waals surface area contributed by atoms with Crippen LogP contribution in [0, 0.1) is 0 Å². The Morgan fingerprint density at radius 1 is 1.39 bits per heavy atom. The molecule has 18 heavy (non-hydrogen) atoms. The van der Waals surface area contributed by atoms with Crippen molar-refractivity contribution in [2.45, 2.75) is 19.5 Å². The monoisotopic (exact) mass is 252 g/mol. The van der Waals surface area contributed by atoms with Crippen LogP contribution in [-0.2, 0) is 16.1 Å². The summed E-state index contributed by atoms with van der Waals surface area (Å²) in [5, 5.41) is 15.0. The van der Waals surface area contributed by atoms with E-state index in [2.05, 4.69) is 10.6 Å². The van der Waals surface area contributed by atoms with Crippen LogP contribution in [0.4, 0.5) is 0 Å². The summed E-state index contributed by atoms with van der Waals surface area (Å²) in [5.41, 5.74) is 1.02. The number of rotatable bonds is 7. The molecule has 3 N–H and O–H groups in total. The summed E-state index contributed by atoms with van der Waals surface area (Å²) in [7, 11) is 1.60. The van der Waals surface area contributed by atoms with E-state index in [1.54, 1.807) is 19.2 Å². The molecule has 0 saturated carbocycles. The number of phenolic OH excluding ortho intramolecular Hbond substituents is 1. The lowest BCUT2D eigenvalue weighted by Gasteiger charge is -2.13. The normalized spacial score (nSPS) is 12.1. The van der Waals surface area contributed by atoms with Crippen molar-refractivity contribution in [3.8, 4) is 5.75 Å². The number of benzene rings is 1. The van der Waals surface area contributed by atoms with Crippen molar-refractivity contribution >= 4 is 5.91 Å². The molecule has 0 saturated heterocycles. The van der Waals surface area contributed by atoms with E-state index >= 15 is 0 Å². The molecule has 1 rings (SSSR count). The molecule has 0 aromatic heterocycles. The van der Waals surface area contributed by atoms with Gasteiger partial charge in [0.1, 0.15) is 5.75 Å². The number of hydrogen-bond acceptors (Lipinski definition) is 4. The molecule has 1 unspecified atom stereocenters. The van der Waals surface area contributed by atoms with E-state index in [9.17, 15) is 4.79 Å². The Labute approximate surface area is 107 Å². The molecule has 0 aliphatic rings. The van der Waals surface area contributed by atoms with Crippen molar-refractivity contribution in [3.05, 3.63) is 29.8 Å². The lowest BCUT2D eigenvalue weighted by atomic mass is 10.2. The molecule has 1 atom stereocenters. The van der Waals surface area contributed by atoms with Gasteiger partial charge in [0.25, 0.3) is 0 Å². The summed E-state index contributed by atoms with van der Waals surface area (Å²) in [5.74, 6) is 0.184. The van der Waals surface area contributed by atoms with Gasteiger partial charge < -0.3 is 20.5 Å². The second-order valence-electron chi connectivity index (χ2n) is 4.19. The predicted octanol–water partition coefficient (Wildman–Crippen LogP) is 0.633. The minimum absolute atomic E-state index is 0.0120. The van der Waals surface area contributed by atoms with Gasteiger partial charge in [-0.25, -0.2) is 0 Å². The van der Waals surface area contributed by atoms with E-state index in [-0.39, 0.29) is 24.2 Å². The highest BCUT2D eigenvalue weighted by Gasteiger charge is 2.06. The van der Waals surface area contributed by atoms with Crippen LogP contribution < -0.4 is 10.6 Å². The largest absolute Gasteiger partial charge is 0.508 e. The lowest BCUT2D eigenvalue weighted by molar-refractivity contribution is -0.121. The smallest absolute Gasteiger partial charge is 0.234 e. The Morgan fingerprint density at radius 2 is 2.06 bits per heavy atom. The van der Waals surface area contributed by atoms with E-state index in [1.165, 1.54) is 0 Å². The molecular formula is C13H20N2O3. The van der Waals surface area contributed by atoms with E-state index in [1.807, 2.05) is 19.1 Å². The maximum atomic E-state index is 11.5. The van der Waals surface area contributed by atoms with Crippen molar-refractivity contribution < 1.29 is 14.6 Å². The number of methoxy groups -OCH3 is 1. The number of phenols is 1. The highest BCUT2D eigenvalue weighted by molar-refractivity contribution is 5.78. The maximum absolute atomic E-state index is 11.5. The van der Waals surface area contributed by atoms with Crippen LogP contribution in [0.15, 0.2) is 24.3 Å². The number of carbonyl (C=O) groups is 1. The zero-order chi connectivity index (χ0) is 13.4. The van der Waals surface area contributed by atoms with Crippen molar-refractivity contribution in [1.82, 2.24) is 10.6 Å². The number of ether oxygens (including phenoxy) is 1. The van der Waals surface area contributed by atoms with Gasteiger partial charge in [-0.15, -0.1) is 0 Å². The van der Waals surface area contributed by atoms with Crippen molar-refractivity contribution in [1.29, 1.82) is 0 Å². The SMILES string of the molecule is COCC(C)NC(=O)CNCc1ccc(O)cc1. The number of aromatic hydroxyl groups is 1. The summed E-state index contributed by atoms with van der Waals surface area (Å²) in [4.78, 5) is 11.5. The van der Waals surface area contributed by atoms with E-state index in [4.69, 9.17) is 9.84 Å². The van der Waals surface area contributed by atoms with Crippen LogP contribution in [0.25, 0.3) is 0 Å². The zero-order valence-corrected chi connectivity index (χ0v) is 10.8. The van der Waals surface area contributed by atoms with E-state index < -0.39 is 0 Å². The Bertz CT molecular complexity index is 365. The first-order chi connectivity index (χ1) is 8.61. The van der Waals surface area contributed by atoms with Gasteiger partial charge in [-0.1, -0.05) is 12.1 Å². The first-order valence-corrected chi connectivity index (χ1v) is 5.88. The van der Waals surface area contributed by atoms with Gasteiger partial charge in [0.2, 0.25) is 5.91 Å². The van der Waals surface area contributed by atoms with Crippen molar-refractivity contribution in [3.63, 3.8) is 0 Å². The minimum Gasteiger partial charge on any atom is -0.508 e. The third-order valence-electron chi connectivity index (χ3n) is 2.38. The first-order valence-electron chi connectivity index (χ1n) is 5.88. The van der Waals surface area contributed by atoms with Gasteiger partial charge >= 0.3 is 0 Å². The highest BCUT2D eigenvalue weighted by Crippen LogP contribution is 2.08. The molecular weight excluding hydrogens is 232 g/mol. The van der Waals surface area contributed by atoms with Crippen LogP contribution in [0.5, 0.6) is 5.75 Å². The molecule has 5 heteroatoms. The molecule has 1 amide bonds. The molecule has 0 aliphatic heterocycles. The molecule has 1 aromatic rings. The summed E-state index contributed by atoms with van der Waals surface area (Å²) in [6.07, 6.45) is 0. The van der Waals surface area contributed by atoms with Gasteiger partial charge in [0, 0.05) is 19.7 Å². The molecule has 0 fully saturated rings. The molecule has 0 bridgehead atoms. The topological polar surface area (TPSA) is 70.6 Å². The third-order valence-corrected chi connectivity index (χ3v) is 2.38. The molecule has 0 spiro atoms. The second-order valence-corrected chi connectivity index (χ2v) is 4.19. The quantitative estimate of drug-likeness (QED) is 0.666. The summed E-state index contributed by atoms with van der Waals surface area (Å²) in [6.45, 7) is 3.24. The number of amides is 1. The molecule has 1 aromatic carbocycles. The van der Waals surface area contributed by atoms with E-state index in [0.29, 0.717) is 13.2 Å². The number of nitrogens with one attached hydrogen (secondary N) is 2. The Kier molecular flexibility index (Phi) is 6.18. The van der Waals surface area contributed by atoms with Gasteiger partial charge in [-0.2, -0.15) is 0 Å². The van der Waals surface area contributed by atoms with Crippen LogP contribution in [0.3, 0.4) is 0 Å². The first kappa shape index (κ1) is 14.5. The van der Waals surface area contributed by atoms with Crippen LogP contribution in [0.1, 0.15) is 12.5 Å². The number of hydrogen-bond donors (Lipinski definition) is 3. The fourth-order valence-corrected chi connectivity index (χ4v) is 1.55. The fraction of sp³-hybridized carbons (Fsp3) is 0.462. The molecule has 100 valence electrons. The van der Waals surface area contributed by atoms with Crippen molar-refractivity contribution in [2.75, 3.05) is 20.3 Å². The highest BCUT2D eigenvalue weighted by atomic mass is 16.5. The molecule has 0 heterocycles. The maximum Gasteiger partial charge on any atom is 0.234 e. The van der Waals surface area contributed by atoms with Gasteiger partial charge in [-0.05, 0) is 24.6 Å². The van der Waals surface area contributed by atoms with Gasteiger partial charge in [-0.3, -0.25) is 4.79 Å². The van der Waals surface area contributed by atoms with E-state index in [0.717, 1.165) is 5.56 Å². The van der Waals surface area contributed by atoms with Crippen LogP contribution in [0.2, 0.25) is 0 Å². The van der Waals surface area contributed by atoms with Crippen LogP contribution >= 0.6 is 0 Å². The van der Waals surface area contributed by atoms with Gasteiger partial charge in [0.05, 0.1) is 13.2 Å². The summed E-state index contributed by atoms with van der Waals surface area (Å²) >= 11 is 0. The molecule has 0 aliphatic carbocycles. The summed E-state index contributed by atoms with van der Waals surface area (Å²) < 4.78 is 4.93. The summed E-state index contributed by atoms with van der Waals surface area (Å²) in [6, 6.07) is 6.88. The average Bonchev–Trinajstić information content (AvgIpc) is 2.32. The second kappa shape index (κ2) is 7.68. The fourth-order valence-electron chi connectivity index (χ4n) is 1.55. The lowest BCUT2D eigenvalue weighted by Crippen LogP contribution is -2.40. The Balaban J connectivity index is 2.21. The van der Waals surface area contributed by atoms with Crippen molar-refractivity contribution in [2.24, 2.45) is 0 Å². The standard InChI is InChI=1S/C13H20N2O3/c1-10(9-18-2)15-13(17)8-14-7-11-3-5-12(16)6-4-11/h3-6,10,14,16H,7-9H2,1-2H3,(H,15,17). The molecule has 0 radical (unpaired) electrons. The third kappa shape index (κ3) is 5.65. The number of carbonyl (C=O) groups excluding carboxylic acids is 1. The molecule has 5 nitrogen and oxygen atoms in total. The Morgan fingerprint density at radius 3 is 2.67 bits per heavy atom. The minimum atomic E-state index is -0.0571. The zero-order valence-electron chi connectivity index (χ0n) is 10.8. The predicted molar refractivity (Wildman–Crippen MR) is 69.3 cm³/mol. The van der Waals surface area contributed by atoms with Gasteiger partial charge in [0.15, 0.2) is 0 Å². The van der Waals surface area contributed by atoms with Crippen LogP contribution in [-0.4, -0.2) is 37.3 Å².